The molecule has 0 amide bonds. The van der Waals surface area contributed by atoms with E-state index in [1.807, 2.05) is 35.0 Å². The standard InChI is InChI=1S/C14H18ClNO2S/c1-14(2,3)19(17,18)9-8-16-7-6-11-4-5-12(15)10-13(11)16/h4-7,10H,8-9H2,1-3H3. The van der Waals surface area contributed by atoms with Crippen molar-refractivity contribution >= 4 is 32.3 Å². The van der Waals surface area contributed by atoms with Crippen molar-refractivity contribution in [2.24, 2.45) is 0 Å². The Morgan fingerprint density at radius 3 is 2.53 bits per heavy atom. The topological polar surface area (TPSA) is 39.1 Å². The van der Waals surface area contributed by atoms with E-state index in [1.54, 1.807) is 20.8 Å². The van der Waals surface area contributed by atoms with Crippen LogP contribution in [0.1, 0.15) is 20.8 Å². The smallest absolute Gasteiger partial charge is 0.156 e. The second-order valence-corrected chi connectivity index (χ2v) is 8.94. The SMILES string of the molecule is CC(C)(C)S(=O)(=O)CCn1ccc2ccc(Cl)cc21. The van der Waals surface area contributed by atoms with E-state index in [0.717, 1.165) is 10.9 Å². The number of halogens is 1. The van der Waals surface area contributed by atoms with Crippen LogP contribution in [0.25, 0.3) is 10.9 Å². The third-order valence-electron chi connectivity index (χ3n) is 3.27. The highest BCUT2D eigenvalue weighted by molar-refractivity contribution is 7.92. The van der Waals surface area contributed by atoms with E-state index < -0.39 is 14.6 Å². The molecule has 104 valence electrons. The van der Waals surface area contributed by atoms with E-state index in [2.05, 4.69) is 0 Å². The number of sulfone groups is 1. The molecule has 0 saturated carbocycles. The van der Waals surface area contributed by atoms with Crippen LogP contribution < -0.4 is 0 Å². The number of hydrogen-bond acceptors (Lipinski definition) is 2. The first-order valence-corrected chi connectivity index (χ1v) is 8.20. The molecular formula is C14H18ClNO2S. The van der Waals surface area contributed by atoms with Gasteiger partial charge in [-0.15, -0.1) is 0 Å². The fourth-order valence-corrected chi connectivity index (χ4v) is 3.09. The van der Waals surface area contributed by atoms with E-state index >= 15 is 0 Å². The molecule has 0 unspecified atom stereocenters. The van der Waals surface area contributed by atoms with Crippen LogP contribution in [0.3, 0.4) is 0 Å². The number of nitrogens with zero attached hydrogens (tertiary/aromatic N) is 1. The third-order valence-corrected chi connectivity index (χ3v) is 6.09. The molecular weight excluding hydrogens is 282 g/mol. The minimum atomic E-state index is -3.11. The van der Waals surface area contributed by atoms with Crippen LogP contribution in [0, 0.1) is 0 Å². The molecule has 0 fully saturated rings. The second-order valence-electron chi connectivity index (χ2n) is 5.64. The van der Waals surface area contributed by atoms with Crippen LogP contribution in [0.15, 0.2) is 30.5 Å². The summed E-state index contributed by atoms with van der Waals surface area (Å²) in [6.07, 6.45) is 1.90. The van der Waals surface area contributed by atoms with Crippen molar-refractivity contribution in [2.45, 2.75) is 32.1 Å². The Labute approximate surface area is 119 Å². The third kappa shape index (κ3) is 2.95. The Morgan fingerprint density at radius 1 is 1.21 bits per heavy atom. The van der Waals surface area contributed by atoms with Crippen molar-refractivity contribution < 1.29 is 8.42 Å². The Balaban J connectivity index is 2.26. The number of aromatic nitrogens is 1. The lowest BCUT2D eigenvalue weighted by Gasteiger charge is -2.19. The van der Waals surface area contributed by atoms with Gasteiger partial charge in [0.15, 0.2) is 9.84 Å². The first-order chi connectivity index (χ1) is 8.71. The number of fused-ring (bicyclic) bond motifs is 1. The monoisotopic (exact) mass is 299 g/mol. The first-order valence-electron chi connectivity index (χ1n) is 6.17. The maximum absolute atomic E-state index is 12.1. The number of hydrogen-bond donors (Lipinski definition) is 0. The summed E-state index contributed by atoms with van der Waals surface area (Å²) in [5, 5.41) is 1.73. The second kappa shape index (κ2) is 4.84. The maximum atomic E-state index is 12.1. The molecule has 0 radical (unpaired) electrons. The molecule has 0 aliphatic heterocycles. The molecule has 0 saturated heterocycles. The van der Waals surface area contributed by atoms with Gasteiger partial charge in [-0.2, -0.15) is 0 Å². The lowest BCUT2D eigenvalue weighted by Crippen LogP contribution is -2.31. The van der Waals surface area contributed by atoms with Crippen LogP contribution in [0.5, 0.6) is 0 Å². The molecule has 0 aliphatic rings. The first kappa shape index (κ1) is 14.4. The summed E-state index contributed by atoms with van der Waals surface area (Å²) in [4.78, 5) is 0. The van der Waals surface area contributed by atoms with E-state index in [9.17, 15) is 8.42 Å². The van der Waals surface area contributed by atoms with Crippen LogP contribution in [0.4, 0.5) is 0 Å². The van der Waals surface area contributed by atoms with Crippen molar-refractivity contribution in [3.05, 3.63) is 35.5 Å². The van der Waals surface area contributed by atoms with Gasteiger partial charge in [-0.1, -0.05) is 17.7 Å². The molecule has 0 aliphatic carbocycles. The van der Waals surface area contributed by atoms with Gasteiger partial charge in [-0.05, 0) is 44.4 Å². The van der Waals surface area contributed by atoms with Gasteiger partial charge in [0.25, 0.3) is 0 Å². The van der Waals surface area contributed by atoms with Crippen molar-refractivity contribution in [2.75, 3.05) is 5.75 Å². The van der Waals surface area contributed by atoms with Crippen LogP contribution in [-0.2, 0) is 16.4 Å². The van der Waals surface area contributed by atoms with E-state index in [4.69, 9.17) is 11.6 Å². The predicted molar refractivity (Wildman–Crippen MR) is 80.5 cm³/mol. The summed E-state index contributed by atoms with van der Waals surface area (Å²) in [5.41, 5.74) is 0.969. The molecule has 0 N–H and O–H groups in total. The van der Waals surface area contributed by atoms with E-state index in [1.165, 1.54) is 0 Å². The quantitative estimate of drug-likeness (QED) is 0.870. The van der Waals surface area contributed by atoms with Crippen molar-refractivity contribution in [3.8, 4) is 0 Å². The molecule has 0 atom stereocenters. The zero-order valence-corrected chi connectivity index (χ0v) is 12.9. The van der Waals surface area contributed by atoms with E-state index in [0.29, 0.717) is 11.6 Å². The molecule has 5 heteroatoms. The fraction of sp³-hybridized carbons (Fsp3) is 0.429. The van der Waals surface area contributed by atoms with Gasteiger partial charge in [0.05, 0.1) is 10.5 Å². The Kier molecular flexibility index (Phi) is 3.67. The summed E-state index contributed by atoms with van der Waals surface area (Å²) in [6.45, 7) is 5.64. The van der Waals surface area contributed by atoms with Gasteiger partial charge >= 0.3 is 0 Å². The highest BCUT2D eigenvalue weighted by Gasteiger charge is 2.28. The largest absolute Gasteiger partial charge is 0.346 e. The van der Waals surface area contributed by atoms with Crippen LogP contribution >= 0.6 is 11.6 Å². The van der Waals surface area contributed by atoms with Crippen molar-refractivity contribution in [1.82, 2.24) is 4.57 Å². The summed E-state index contributed by atoms with van der Waals surface area (Å²) in [6, 6.07) is 7.60. The number of benzene rings is 1. The normalized spacial score (nSPS) is 13.1. The fourth-order valence-electron chi connectivity index (χ4n) is 1.88. The van der Waals surface area contributed by atoms with Gasteiger partial charge in [0.1, 0.15) is 0 Å². The number of rotatable bonds is 3. The Hall–Kier alpha value is -1.00. The lowest BCUT2D eigenvalue weighted by atomic mass is 10.2. The van der Waals surface area contributed by atoms with E-state index in [-0.39, 0.29) is 5.75 Å². The molecule has 1 aromatic heterocycles. The molecule has 0 bridgehead atoms. The van der Waals surface area contributed by atoms with Crippen LogP contribution in [0.2, 0.25) is 5.02 Å². The van der Waals surface area contributed by atoms with Gasteiger partial charge < -0.3 is 4.57 Å². The molecule has 0 spiro atoms. The summed E-state index contributed by atoms with van der Waals surface area (Å²) < 4.78 is 25.4. The number of aryl methyl sites for hydroxylation is 1. The van der Waals surface area contributed by atoms with Crippen molar-refractivity contribution in [1.29, 1.82) is 0 Å². The summed E-state index contributed by atoms with van der Waals surface area (Å²) in [7, 11) is -3.11. The average Bonchev–Trinajstić information content (AvgIpc) is 2.67. The van der Waals surface area contributed by atoms with Crippen LogP contribution in [-0.4, -0.2) is 23.5 Å². The summed E-state index contributed by atoms with van der Waals surface area (Å²) >= 11 is 5.98. The van der Waals surface area contributed by atoms with Gasteiger partial charge in [-0.3, -0.25) is 0 Å². The maximum Gasteiger partial charge on any atom is 0.156 e. The molecule has 19 heavy (non-hydrogen) atoms. The Morgan fingerprint density at radius 2 is 1.89 bits per heavy atom. The highest BCUT2D eigenvalue weighted by atomic mass is 35.5. The van der Waals surface area contributed by atoms with Gasteiger partial charge in [-0.25, -0.2) is 8.42 Å². The lowest BCUT2D eigenvalue weighted by molar-refractivity contribution is 0.555. The average molecular weight is 300 g/mol. The van der Waals surface area contributed by atoms with Gasteiger partial charge in [0, 0.05) is 23.3 Å². The zero-order valence-electron chi connectivity index (χ0n) is 11.4. The predicted octanol–water partition coefficient (Wildman–Crippen LogP) is 3.51. The molecule has 1 aromatic carbocycles. The minimum absolute atomic E-state index is 0.132. The van der Waals surface area contributed by atoms with Gasteiger partial charge in [0.2, 0.25) is 0 Å². The molecule has 1 heterocycles. The molecule has 2 aromatic rings. The zero-order chi connectivity index (χ0) is 14.3. The van der Waals surface area contributed by atoms with Crippen molar-refractivity contribution in [3.63, 3.8) is 0 Å². The minimum Gasteiger partial charge on any atom is -0.346 e. The summed E-state index contributed by atoms with van der Waals surface area (Å²) in [5.74, 6) is 0.132. The molecule has 3 nitrogen and oxygen atoms in total. The Bertz CT molecular complexity index is 696. The highest BCUT2D eigenvalue weighted by Crippen LogP contribution is 2.22. The molecule has 2 rings (SSSR count).